The standard InChI is InChI=1S/C15H19NO3S/c1-18-11-5-6-13(19-2)12(9-11)15-16(7-8-20-15)14(17)10-3-4-10/h5-6,9-10,15H,3-4,7-8H2,1-2H3. The molecule has 2 aliphatic rings. The number of thioether (sulfide) groups is 1. The van der Waals surface area contributed by atoms with Crippen LogP contribution in [-0.2, 0) is 4.79 Å². The van der Waals surface area contributed by atoms with Gasteiger partial charge in [-0.3, -0.25) is 4.79 Å². The first kappa shape index (κ1) is 13.6. The van der Waals surface area contributed by atoms with Gasteiger partial charge < -0.3 is 14.4 Å². The van der Waals surface area contributed by atoms with Crippen molar-refractivity contribution in [1.29, 1.82) is 0 Å². The van der Waals surface area contributed by atoms with Crippen LogP contribution in [0.15, 0.2) is 18.2 Å². The van der Waals surface area contributed by atoms with Crippen LogP contribution in [-0.4, -0.2) is 37.3 Å². The lowest BCUT2D eigenvalue weighted by molar-refractivity contribution is -0.132. The lowest BCUT2D eigenvalue weighted by Gasteiger charge is -2.25. The minimum absolute atomic E-state index is 0.0492. The number of benzene rings is 1. The van der Waals surface area contributed by atoms with E-state index in [1.165, 1.54) is 0 Å². The normalized spacial score (nSPS) is 21.9. The van der Waals surface area contributed by atoms with E-state index in [1.54, 1.807) is 26.0 Å². The first-order chi connectivity index (χ1) is 9.74. The van der Waals surface area contributed by atoms with Gasteiger partial charge in [-0.05, 0) is 31.0 Å². The number of ether oxygens (including phenoxy) is 2. The maximum atomic E-state index is 12.4. The largest absolute Gasteiger partial charge is 0.497 e. The van der Waals surface area contributed by atoms with Crippen LogP contribution in [0.25, 0.3) is 0 Å². The van der Waals surface area contributed by atoms with Gasteiger partial charge in [-0.1, -0.05) is 0 Å². The van der Waals surface area contributed by atoms with Crippen LogP contribution >= 0.6 is 11.8 Å². The molecule has 1 aromatic carbocycles. The van der Waals surface area contributed by atoms with Crippen LogP contribution in [0.2, 0.25) is 0 Å². The summed E-state index contributed by atoms with van der Waals surface area (Å²) < 4.78 is 10.8. The summed E-state index contributed by atoms with van der Waals surface area (Å²) >= 11 is 1.80. The van der Waals surface area contributed by atoms with Gasteiger partial charge in [-0.25, -0.2) is 0 Å². The summed E-state index contributed by atoms with van der Waals surface area (Å²) in [5, 5.41) is 0.0492. The molecule has 1 heterocycles. The molecule has 2 fully saturated rings. The topological polar surface area (TPSA) is 38.8 Å². The molecule has 0 bridgehead atoms. The SMILES string of the molecule is COc1ccc(OC)c(C2SCCN2C(=O)C2CC2)c1. The number of amides is 1. The van der Waals surface area contributed by atoms with Gasteiger partial charge >= 0.3 is 0 Å². The Labute approximate surface area is 123 Å². The predicted molar refractivity (Wildman–Crippen MR) is 79.2 cm³/mol. The molecule has 1 atom stereocenters. The monoisotopic (exact) mass is 293 g/mol. The summed E-state index contributed by atoms with van der Waals surface area (Å²) in [7, 11) is 3.32. The smallest absolute Gasteiger partial charge is 0.226 e. The van der Waals surface area contributed by atoms with E-state index in [1.807, 2.05) is 23.1 Å². The average Bonchev–Trinajstić information content (AvgIpc) is 3.22. The van der Waals surface area contributed by atoms with Gasteiger partial charge in [0.15, 0.2) is 0 Å². The molecule has 0 spiro atoms. The van der Waals surface area contributed by atoms with E-state index in [9.17, 15) is 4.79 Å². The van der Waals surface area contributed by atoms with Crippen LogP contribution in [0.1, 0.15) is 23.8 Å². The Morgan fingerprint density at radius 1 is 1.30 bits per heavy atom. The summed E-state index contributed by atoms with van der Waals surface area (Å²) in [5.41, 5.74) is 1.03. The van der Waals surface area contributed by atoms with Gasteiger partial charge in [0.1, 0.15) is 16.9 Å². The van der Waals surface area contributed by atoms with E-state index in [2.05, 4.69) is 0 Å². The second-order valence-corrected chi connectivity index (χ2v) is 6.33. The van der Waals surface area contributed by atoms with E-state index in [0.29, 0.717) is 5.91 Å². The molecule has 20 heavy (non-hydrogen) atoms. The second-order valence-electron chi connectivity index (χ2n) is 5.14. The number of rotatable bonds is 4. The number of nitrogens with zero attached hydrogens (tertiary/aromatic N) is 1. The maximum Gasteiger partial charge on any atom is 0.226 e. The molecular formula is C15H19NO3S. The first-order valence-corrected chi connectivity index (χ1v) is 7.93. The van der Waals surface area contributed by atoms with Crippen molar-refractivity contribution in [3.8, 4) is 11.5 Å². The van der Waals surface area contributed by atoms with Crippen LogP contribution < -0.4 is 9.47 Å². The quantitative estimate of drug-likeness (QED) is 0.855. The predicted octanol–water partition coefficient (Wildman–Crippen LogP) is 2.69. The zero-order valence-corrected chi connectivity index (χ0v) is 12.6. The Morgan fingerprint density at radius 2 is 2.10 bits per heavy atom. The Hall–Kier alpha value is -1.36. The Bertz CT molecular complexity index is 516. The first-order valence-electron chi connectivity index (χ1n) is 6.88. The summed E-state index contributed by atoms with van der Waals surface area (Å²) in [4.78, 5) is 14.4. The molecule has 0 N–H and O–H groups in total. The van der Waals surface area contributed by atoms with Gasteiger partial charge in [-0.15, -0.1) is 11.8 Å². The molecule has 1 aromatic rings. The van der Waals surface area contributed by atoms with E-state index in [0.717, 1.165) is 42.2 Å². The lowest BCUT2D eigenvalue weighted by atomic mass is 10.1. The van der Waals surface area contributed by atoms with Crippen molar-refractivity contribution in [3.05, 3.63) is 23.8 Å². The Morgan fingerprint density at radius 3 is 2.75 bits per heavy atom. The number of carbonyl (C=O) groups is 1. The van der Waals surface area contributed by atoms with Crippen LogP contribution in [0.4, 0.5) is 0 Å². The summed E-state index contributed by atoms with van der Waals surface area (Å²) in [6.07, 6.45) is 2.09. The van der Waals surface area contributed by atoms with Crippen molar-refractivity contribution < 1.29 is 14.3 Å². The van der Waals surface area contributed by atoms with Gasteiger partial charge in [0.2, 0.25) is 5.91 Å². The van der Waals surface area contributed by atoms with E-state index < -0.39 is 0 Å². The van der Waals surface area contributed by atoms with Crippen molar-refractivity contribution in [2.75, 3.05) is 26.5 Å². The van der Waals surface area contributed by atoms with Gasteiger partial charge in [-0.2, -0.15) is 0 Å². The summed E-state index contributed by atoms with van der Waals surface area (Å²) in [5.74, 6) is 3.15. The minimum Gasteiger partial charge on any atom is -0.497 e. The van der Waals surface area contributed by atoms with Crippen molar-refractivity contribution >= 4 is 17.7 Å². The highest BCUT2D eigenvalue weighted by Crippen LogP contribution is 2.45. The highest BCUT2D eigenvalue weighted by molar-refractivity contribution is 7.99. The molecule has 0 radical (unpaired) electrons. The highest BCUT2D eigenvalue weighted by Gasteiger charge is 2.40. The minimum atomic E-state index is 0.0492. The summed E-state index contributed by atoms with van der Waals surface area (Å²) in [6.45, 7) is 0.824. The van der Waals surface area contributed by atoms with Crippen LogP contribution in [0, 0.1) is 5.92 Å². The molecule has 1 aliphatic heterocycles. The average molecular weight is 293 g/mol. The number of hydrogen-bond acceptors (Lipinski definition) is 4. The van der Waals surface area contributed by atoms with Crippen molar-refractivity contribution in [1.82, 2.24) is 4.90 Å². The molecule has 108 valence electrons. The van der Waals surface area contributed by atoms with E-state index >= 15 is 0 Å². The van der Waals surface area contributed by atoms with Crippen molar-refractivity contribution in [3.63, 3.8) is 0 Å². The molecule has 0 aromatic heterocycles. The van der Waals surface area contributed by atoms with Crippen LogP contribution in [0.5, 0.6) is 11.5 Å². The van der Waals surface area contributed by atoms with E-state index in [4.69, 9.17) is 9.47 Å². The fraction of sp³-hybridized carbons (Fsp3) is 0.533. The van der Waals surface area contributed by atoms with Crippen LogP contribution in [0.3, 0.4) is 0 Å². The molecule has 4 nitrogen and oxygen atoms in total. The van der Waals surface area contributed by atoms with Crippen molar-refractivity contribution in [2.45, 2.75) is 18.2 Å². The number of methoxy groups -OCH3 is 2. The van der Waals surface area contributed by atoms with Gasteiger partial charge in [0.25, 0.3) is 0 Å². The summed E-state index contributed by atoms with van der Waals surface area (Å²) in [6, 6.07) is 5.77. The fourth-order valence-corrected chi connectivity index (χ4v) is 3.83. The Kier molecular flexibility index (Phi) is 3.78. The number of hydrogen-bond donors (Lipinski definition) is 0. The zero-order valence-electron chi connectivity index (χ0n) is 11.8. The molecular weight excluding hydrogens is 274 g/mol. The zero-order chi connectivity index (χ0) is 14.1. The third-order valence-corrected chi connectivity index (χ3v) is 5.05. The molecule has 1 amide bonds. The molecule has 1 aliphatic carbocycles. The molecule has 1 saturated heterocycles. The molecule has 1 unspecified atom stereocenters. The highest BCUT2D eigenvalue weighted by atomic mass is 32.2. The number of carbonyl (C=O) groups excluding carboxylic acids is 1. The fourth-order valence-electron chi connectivity index (χ4n) is 2.55. The van der Waals surface area contributed by atoms with Crippen molar-refractivity contribution in [2.24, 2.45) is 5.92 Å². The molecule has 5 heteroatoms. The lowest BCUT2D eigenvalue weighted by Crippen LogP contribution is -2.31. The third kappa shape index (κ3) is 2.46. The molecule has 3 rings (SSSR count). The van der Waals surface area contributed by atoms with Gasteiger partial charge in [0, 0.05) is 23.8 Å². The van der Waals surface area contributed by atoms with Gasteiger partial charge in [0.05, 0.1) is 14.2 Å². The second kappa shape index (κ2) is 5.56. The Balaban J connectivity index is 1.91. The third-order valence-electron chi connectivity index (χ3n) is 3.80. The molecule has 1 saturated carbocycles. The van der Waals surface area contributed by atoms with E-state index in [-0.39, 0.29) is 11.3 Å². The maximum absolute atomic E-state index is 12.4.